The Kier molecular flexibility index (Phi) is 5.32. The highest BCUT2D eigenvalue weighted by Crippen LogP contribution is 2.05. The maximum atomic E-state index is 11.4. The molecule has 1 atom stereocenters. The summed E-state index contributed by atoms with van der Waals surface area (Å²) in [4.78, 5) is 22.6. The van der Waals surface area contributed by atoms with Gasteiger partial charge in [0, 0.05) is 6.42 Å². The SMILES string of the molecule is Cc1ccc(CCC(=O)NNC(=O)C(C)N)cc1. The van der Waals surface area contributed by atoms with Crippen molar-refractivity contribution in [2.75, 3.05) is 0 Å². The molecule has 0 aliphatic rings. The summed E-state index contributed by atoms with van der Waals surface area (Å²) in [7, 11) is 0. The van der Waals surface area contributed by atoms with Crippen LogP contribution in [0.3, 0.4) is 0 Å². The van der Waals surface area contributed by atoms with Gasteiger partial charge in [-0.25, -0.2) is 0 Å². The van der Waals surface area contributed by atoms with Crippen LogP contribution in [0.25, 0.3) is 0 Å². The molecule has 1 rings (SSSR count). The van der Waals surface area contributed by atoms with Gasteiger partial charge in [0.25, 0.3) is 5.91 Å². The molecule has 1 aromatic rings. The summed E-state index contributed by atoms with van der Waals surface area (Å²) in [5.41, 5.74) is 12.2. The minimum absolute atomic E-state index is 0.232. The number of rotatable bonds is 4. The third-order valence-corrected chi connectivity index (χ3v) is 2.50. The van der Waals surface area contributed by atoms with Crippen molar-refractivity contribution < 1.29 is 9.59 Å². The van der Waals surface area contributed by atoms with E-state index in [1.54, 1.807) is 6.92 Å². The zero-order chi connectivity index (χ0) is 13.5. The van der Waals surface area contributed by atoms with Crippen molar-refractivity contribution in [2.45, 2.75) is 32.7 Å². The summed E-state index contributed by atoms with van der Waals surface area (Å²) in [6.45, 7) is 3.56. The molecule has 0 radical (unpaired) electrons. The van der Waals surface area contributed by atoms with Crippen LogP contribution in [0, 0.1) is 6.92 Å². The van der Waals surface area contributed by atoms with Gasteiger partial charge in [-0.15, -0.1) is 0 Å². The molecule has 0 saturated heterocycles. The van der Waals surface area contributed by atoms with Crippen LogP contribution < -0.4 is 16.6 Å². The molecule has 0 aliphatic heterocycles. The number of hydrogen-bond donors (Lipinski definition) is 3. The molecule has 0 saturated carbocycles. The maximum Gasteiger partial charge on any atom is 0.254 e. The molecule has 4 N–H and O–H groups in total. The lowest BCUT2D eigenvalue weighted by Gasteiger charge is -2.09. The lowest BCUT2D eigenvalue weighted by Crippen LogP contribution is -2.48. The van der Waals surface area contributed by atoms with Gasteiger partial charge in [0.2, 0.25) is 5.91 Å². The van der Waals surface area contributed by atoms with E-state index in [4.69, 9.17) is 5.73 Å². The third kappa shape index (κ3) is 4.97. The Labute approximate surface area is 107 Å². The first kappa shape index (κ1) is 14.2. The standard InChI is InChI=1S/C13H19N3O2/c1-9-3-5-11(6-4-9)7-8-12(17)15-16-13(18)10(2)14/h3-6,10H,7-8,14H2,1-2H3,(H,15,17)(H,16,18). The zero-order valence-corrected chi connectivity index (χ0v) is 10.7. The molecule has 0 aromatic heterocycles. The van der Waals surface area contributed by atoms with Crippen LogP contribution in [-0.4, -0.2) is 17.9 Å². The number of carbonyl (C=O) groups excluding carboxylic acids is 2. The zero-order valence-electron chi connectivity index (χ0n) is 10.7. The van der Waals surface area contributed by atoms with E-state index >= 15 is 0 Å². The summed E-state index contributed by atoms with van der Waals surface area (Å²) in [6.07, 6.45) is 0.961. The van der Waals surface area contributed by atoms with Crippen molar-refractivity contribution in [3.63, 3.8) is 0 Å². The number of aryl methyl sites for hydroxylation is 2. The van der Waals surface area contributed by atoms with Crippen molar-refractivity contribution in [3.8, 4) is 0 Å². The quantitative estimate of drug-likeness (QED) is 0.676. The number of amides is 2. The Bertz CT molecular complexity index is 413. The van der Waals surface area contributed by atoms with E-state index in [0.717, 1.165) is 5.56 Å². The minimum atomic E-state index is -0.637. The third-order valence-electron chi connectivity index (χ3n) is 2.50. The summed E-state index contributed by atoms with van der Waals surface area (Å²) < 4.78 is 0. The molecule has 18 heavy (non-hydrogen) atoms. The van der Waals surface area contributed by atoms with Gasteiger partial charge in [-0.2, -0.15) is 0 Å². The van der Waals surface area contributed by atoms with E-state index in [-0.39, 0.29) is 5.91 Å². The van der Waals surface area contributed by atoms with Crippen molar-refractivity contribution in [1.29, 1.82) is 0 Å². The van der Waals surface area contributed by atoms with Gasteiger partial charge >= 0.3 is 0 Å². The normalized spacial score (nSPS) is 11.7. The number of nitrogens with two attached hydrogens (primary N) is 1. The number of hydrogen-bond acceptors (Lipinski definition) is 3. The Morgan fingerprint density at radius 2 is 1.83 bits per heavy atom. The molecular weight excluding hydrogens is 230 g/mol. The second-order valence-corrected chi connectivity index (χ2v) is 4.31. The Hall–Kier alpha value is -1.88. The van der Waals surface area contributed by atoms with E-state index < -0.39 is 11.9 Å². The lowest BCUT2D eigenvalue weighted by molar-refractivity contribution is -0.129. The summed E-state index contributed by atoms with van der Waals surface area (Å²) in [5.74, 6) is -0.636. The van der Waals surface area contributed by atoms with Crippen LogP contribution in [0.4, 0.5) is 0 Å². The molecule has 5 heteroatoms. The van der Waals surface area contributed by atoms with Gasteiger partial charge in [-0.3, -0.25) is 20.4 Å². The fourth-order valence-electron chi connectivity index (χ4n) is 1.32. The van der Waals surface area contributed by atoms with Crippen LogP contribution in [0.15, 0.2) is 24.3 Å². The predicted octanol–water partition coefficient (Wildman–Crippen LogP) is 0.422. The molecule has 0 spiro atoms. The second-order valence-electron chi connectivity index (χ2n) is 4.31. The Morgan fingerprint density at radius 3 is 2.39 bits per heavy atom. The van der Waals surface area contributed by atoms with Gasteiger partial charge in [-0.05, 0) is 25.8 Å². The van der Waals surface area contributed by atoms with Gasteiger partial charge in [0.1, 0.15) is 0 Å². The van der Waals surface area contributed by atoms with Crippen LogP contribution in [0.5, 0.6) is 0 Å². The van der Waals surface area contributed by atoms with Crippen LogP contribution >= 0.6 is 0 Å². The lowest BCUT2D eigenvalue weighted by atomic mass is 10.1. The van der Waals surface area contributed by atoms with Gasteiger partial charge in [0.05, 0.1) is 6.04 Å². The maximum absolute atomic E-state index is 11.4. The second kappa shape index (κ2) is 6.76. The average molecular weight is 249 g/mol. The van der Waals surface area contributed by atoms with Crippen LogP contribution in [0.1, 0.15) is 24.5 Å². The highest BCUT2D eigenvalue weighted by Gasteiger charge is 2.08. The number of hydrazine groups is 1. The first-order valence-electron chi connectivity index (χ1n) is 5.89. The molecule has 0 aliphatic carbocycles. The summed E-state index contributed by atoms with van der Waals surface area (Å²) in [6, 6.07) is 7.35. The Morgan fingerprint density at radius 1 is 1.22 bits per heavy atom. The molecule has 0 bridgehead atoms. The molecule has 0 fully saturated rings. The van der Waals surface area contributed by atoms with Crippen molar-refractivity contribution in [1.82, 2.24) is 10.9 Å². The molecule has 5 nitrogen and oxygen atoms in total. The van der Waals surface area contributed by atoms with Crippen molar-refractivity contribution >= 4 is 11.8 Å². The summed E-state index contributed by atoms with van der Waals surface area (Å²) >= 11 is 0. The van der Waals surface area contributed by atoms with Gasteiger partial charge in [-0.1, -0.05) is 29.8 Å². The van der Waals surface area contributed by atoms with Crippen LogP contribution in [0.2, 0.25) is 0 Å². The molecule has 1 aromatic carbocycles. The van der Waals surface area contributed by atoms with E-state index in [9.17, 15) is 9.59 Å². The fourth-order valence-corrected chi connectivity index (χ4v) is 1.32. The van der Waals surface area contributed by atoms with E-state index in [1.807, 2.05) is 31.2 Å². The fraction of sp³-hybridized carbons (Fsp3) is 0.385. The number of carbonyl (C=O) groups is 2. The molecule has 98 valence electrons. The van der Waals surface area contributed by atoms with E-state index in [2.05, 4.69) is 10.9 Å². The minimum Gasteiger partial charge on any atom is -0.320 e. The van der Waals surface area contributed by atoms with Gasteiger partial charge in [0.15, 0.2) is 0 Å². The summed E-state index contributed by atoms with van der Waals surface area (Å²) in [5, 5.41) is 0. The number of nitrogens with one attached hydrogen (secondary N) is 2. The van der Waals surface area contributed by atoms with Crippen molar-refractivity contribution in [3.05, 3.63) is 35.4 Å². The van der Waals surface area contributed by atoms with Crippen molar-refractivity contribution in [2.24, 2.45) is 5.73 Å². The first-order chi connectivity index (χ1) is 8.49. The monoisotopic (exact) mass is 249 g/mol. The largest absolute Gasteiger partial charge is 0.320 e. The predicted molar refractivity (Wildman–Crippen MR) is 69.4 cm³/mol. The highest BCUT2D eigenvalue weighted by molar-refractivity contribution is 5.84. The number of benzene rings is 1. The highest BCUT2D eigenvalue weighted by atomic mass is 16.2. The molecule has 2 amide bonds. The topological polar surface area (TPSA) is 84.2 Å². The van der Waals surface area contributed by atoms with E-state index in [1.165, 1.54) is 5.56 Å². The smallest absolute Gasteiger partial charge is 0.254 e. The van der Waals surface area contributed by atoms with Crippen LogP contribution in [-0.2, 0) is 16.0 Å². The van der Waals surface area contributed by atoms with E-state index in [0.29, 0.717) is 12.8 Å². The Balaban J connectivity index is 2.29. The average Bonchev–Trinajstić information content (AvgIpc) is 2.35. The molecule has 0 heterocycles. The first-order valence-corrected chi connectivity index (χ1v) is 5.89. The van der Waals surface area contributed by atoms with Gasteiger partial charge < -0.3 is 5.73 Å². The molecular formula is C13H19N3O2. The molecule has 1 unspecified atom stereocenters.